The number of rotatable bonds is 4. The summed E-state index contributed by atoms with van der Waals surface area (Å²) in [6, 6.07) is 1.35. The van der Waals surface area contributed by atoms with Crippen molar-refractivity contribution < 1.29 is 23.4 Å². The summed E-state index contributed by atoms with van der Waals surface area (Å²) in [7, 11) is 0. The van der Waals surface area contributed by atoms with E-state index in [0.29, 0.717) is 4.88 Å². The summed E-state index contributed by atoms with van der Waals surface area (Å²) >= 11 is 0.960. The number of halogens is 2. The van der Waals surface area contributed by atoms with Crippen LogP contribution in [0.1, 0.15) is 34.3 Å². The third kappa shape index (κ3) is 2.89. The first-order chi connectivity index (χ1) is 6.91. The van der Waals surface area contributed by atoms with Crippen LogP contribution in [0.15, 0.2) is 6.07 Å². The average Bonchev–Trinajstić information content (AvgIpc) is 2.46. The number of hydrogen-bond donors (Lipinski definition) is 1. The van der Waals surface area contributed by atoms with E-state index in [-0.39, 0.29) is 16.5 Å². The highest BCUT2D eigenvalue weighted by Gasteiger charge is 2.20. The van der Waals surface area contributed by atoms with E-state index < -0.39 is 12.6 Å². The molecule has 3 nitrogen and oxygen atoms in total. The average molecular weight is 236 g/mol. The van der Waals surface area contributed by atoms with E-state index in [1.807, 2.05) is 13.8 Å². The van der Waals surface area contributed by atoms with Crippen molar-refractivity contribution in [2.45, 2.75) is 26.4 Å². The Balaban J connectivity index is 3.06. The van der Waals surface area contributed by atoms with Crippen molar-refractivity contribution in [1.29, 1.82) is 0 Å². The normalized spacial score (nSPS) is 11.1. The van der Waals surface area contributed by atoms with Gasteiger partial charge in [0.15, 0.2) is 10.6 Å². The zero-order chi connectivity index (χ0) is 11.6. The highest BCUT2D eigenvalue weighted by atomic mass is 32.1. The molecule has 0 unspecified atom stereocenters. The lowest BCUT2D eigenvalue weighted by Crippen LogP contribution is -2.04. The predicted molar refractivity (Wildman–Crippen MR) is 52.0 cm³/mol. The molecule has 0 atom stereocenters. The minimum absolute atomic E-state index is 0.0862. The van der Waals surface area contributed by atoms with Crippen LogP contribution in [-0.4, -0.2) is 17.7 Å². The maximum absolute atomic E-state index is 12.0. The topological polar surface area (TPSA) is 46.5 Å². The molecule has 15 heavy (non-hydrogen) atoms. The third-order valence-electron chi connectivity index (χ3n) is 1.70. The van der Waals surface area contributed by atoms with Crippen LogP contribution in [-0.2, 0) is 0 Å². The second kappa shape index (κ2) is 4.57. The molecular formula is C9H10F2O3S. The fourth-order valence-electron chi connectivity index (χ4n) is 1.01. The molecule has 0 saturated heterocycles. The van der Waals surface area contributed by atoms with Crippen LogP contribution >= 0.6 is 11.3 Å². The number of alkyl halides is 2. The highest BCUT2D eigenvalue weighted by Crippen LogP contribution is 2.34. The molecule has 6 heteroatoms. The van der Waals surface area contributed by atoms with E-state index >= 15 is 0 Å². The quantitative estimate of drug-likeness (QED) is 0.873. The Bertz CT molecular complexity index is 360. The van der Waals surface area contributed by atoms with Crippen LogP contribution in [0.4, 0.5) is 8.78 Å². The monoisotopic (exact) mass is 236 g/mol. The van der Waals surface area contributed by atoms with Gasteiger partial charge in [-0.25, -0.2) is 4.79 Å². The SMILES string of the molecule is CC(C)c1cc(OC(F)F)c(C(=O)O)s1. The molecule has 0 aromatic carbocycles. The molecule has 1 heterocycles. The van der Waals surface area contributed by atoms with E-state index in [4.69, 9.17) is 5.11 Å². The molecule has 84 valence electrons. The van der Waals surface area contributed by atoms with Gasteiger partial charge in [-0.2, -0.15) is 8.78 Å². The summed E-state index contributed by atoms with van der Waals surface area (Å²) in [6.45, 7) is 0.700. The molecule has 0 bridgehead atoms. The van der Waals surface area contributed by atoms with E-state index in [9.17, 15) is 13.6 Å². The van der Waals surface area contributed by atoms with Gasteiger partial charge < -0.3 is 9.84 Å². The molecular weight excluding hydrogens is 226 g/mol. The molecule has 0 radical (unpaired) electrons. The van der Waals surface area contributed by atoms with Gasteiger partial charge in [-0.15, -0.1) is 11.3 Å². The van der Waals surface area contributed by atoms with Crippen LogP contribution in [0.5, 0.6) is 5.75 Å². The fraction of sp³-hybridized carbons (Fsp3) is 0.444. The Morgan fingerprint density at radius 3 is 2.53 bits per heavy atom. The maximum atomic E-state index is 12.0. The first-order valence-corrected chi connectivity index (χ1v) is 5.05. The summed E-state index contributed by atoms with van der Waals surface area (Å²) in [4.78, 5) is 11.3. The lowest BCUT2D eigenvalue weighted by molar-refractivity contribution is -0.0500. The standard InChI is InChI=1S/C9H10F2O3S/c1-4(2)6-3-5(14-9(10)11)7(15-6)8(12)13/h3-4,9H,1-2H3,(H,12,13). The second-order valence-corrected chi connectivity index (χ2v) is 4.26. The molecule has 0 amide bonds. The number of carbonyl (C=O) groups is 1. The van der Waals surface area contributed by atoms with E-state index in [2.05, 4.69) is 4.74 Å². The number of thiophene rings is 1. The number of hydrogen-bond acceptors (Lipinski definition) is 3. The predicted octanol–water partition coefficient (Wildman–Crippen LogP) is 3.17. The van der Waals surface area contributed by atoms with Gasteiger partial charge in [0.05, 0.1) is 0 Å². The zero-order valence-corrected chi connectivity index (χ0v) is 8.98. The van der Waals surface area contributed by atoms with Gasteiger partial charge in [-0.1, -0.05) is 13.8 Å². The molecule has 0 saturated carbocycles. The first-order valence-electron chi connectivity index (χ1n) is 4.23. The van der Waals surface area contributed by atoms with Gasteiger partial charge in [0.2, 0.25) is 0 Å². The minimum atomic E-state index is -3.00. The van der Waals surface area contributed by atoms with Crippen molar-refractivity contribution in [3.8, 4) is 5.75 Å². The number of carboxylic acid groups (broad SMARTS) is 1. The molecule has 1 aromatic rings. The van der Waals surface area contributed by atoms with Crippen LogP contribution in [0.2, 0.25) is 0 Å². The lowest BCUT2D eigenvalue weighted by atomic mass is 10.2. The minimum Gasteiger partial charge on any atom is -0.477 e. The molecule has 0 fully saturated rings. The van der Waals surface area contributed by atoms with Gasteiger partial charge >= 0.3 is 12.6 Å². The van der Waals surface area contributed by atoms with Gasteiger partial charge in [-0.3, -0.25) is 0 Å². The molecule has 0 aliphatic rings. The van der Waals surface area contributed by atoms with E-state index in [0.717, 1.165) is 11.3 Å². The number of aromatic carboxylic acids is 1. The molecule has 0 aliphatic heterocycles. The first kappa shape index (κ1) is 11.9. The van der Waals surface area contributed by atoms with Crippen molar-refractivity contribution in [1.82, 2.24) is 0 Å². The molecule has 1 rings (SSSR count). The Kier molecular flexibility index (Phi) is 3.62. The van der Waals surface area contributed by atoms with Crippen LogP contribution in [0.3, 0.4) is 0 Å². The summed E-state index contributed by atoms with van der Waals surface area (Å²) in [5, 5.41) is 8.76. The van der Waals surface area contributed by atoms with Crippen molar-refractivity contribution in [2.75, 3.05) is 0 Å². The Hall–Kier alpha value is -1.17. The van der Waals surface area contributed by atoms with Crippen molar-refractivity contribution in [3.63, 3.8) is 0 Å². The van der Waals surface area contributed by atoms with Gasteiger partial charge in [0.25, 0.3) is 0 Å². The van der Waals surface area contributed by atoms with Gasteiger partial charge in [0, 0.05) is 4.88 Å². The molecule has 0 aliphatic carbocycles. The Labute approximate surface area is 89.3 Å². The van der Waals surface area contributed by atoms with Gasteiger partial charge in [0.1, 0.15) is 0 Å². The van der Waals surface area contributed by atoms with Crippen LogP contribution < -0.4 is 4.74 Å². The van der Waals surface area contributed by atoms with Gasteiger partial charge in [-0.05, 0) is 12.0 Å². The smallest absolute Gasteiger partial charge is 0.387 e. The molecule has 0 spiro atoms. The van der Waals surface area contributed by atoms with Crippen LogP contribution in [0, 0.1) is 0 Å². The molecule has 1 N–H and O–H groups in total. The van der Waals surface area contributed by atoms with Crippen LogP contribution in [0.25, 0.3) is 0 Å². The fourth-order valence-corrected chi connectivity index (χ4v) is 1.94. The highest BCUT2D eigenvalue weighted by molar-refractivity contribution is 7.14. The summed E-state index contributed by atoms with van der Waals surface area (Å²) in [5.74, 6) is -1.42. The Morgan fingerprint density at radius 1 is 1.53 bits per heavy atom. The van der Waals surface area contributed by atoms with Crippen molar-refractivity contribution in [3.05, 3.63) is 15.8 Å². The second-order valence-electron chi connectivity index (χ2n) is 3.18. The number of carboxylic acids is 1. The number of ether oxygens (including phenoxy) is 1. The molecule has 1 aromatic heterocycles. The summed E-state index contributed by atoms with van der Waals surface area (Å²) < 4.78 is 28.1. The zero-order valence-electron chi connectivity index (χ0n) is 8.16. The third-order valence-corrected chi connectivity index (χ3v) is 3.10. The summed E-state index contributed by atoms with van der Waals surface area (Å²) in [6.07, 6.45) is 0. The maximum Gasteiger partial charge on any atom is 0.387 e. The summed E-state index contributed by atoms with van der Waals surface area (Å²) in [5.41, 5.74) is 0. The lowest BCUT2D eigenvalue weighted by Gasteiger charge is -2.01. The Morgan fingerprint density at radius 2 is 2.13 bits per heavy atom. The van der Waals surface area contributed by atoms with E-state index in [1.54, 1.807) is 0 Å². The van der Waals surface area contributed by atoms with Crippen molar-refractivity contribution in [2.24, 2.45) is 0 Å². The van der Waals surface area contributed by atoms with E-state index in [1.165, 1.54) is 6.07 Å². The van der Waals surface area contributed by atoms with Crippen molar-refractivity contribution >= 4 is 17.3 Å². The largest absolute Gasteiger partial charge is 0.477 e.